The van der Waals surface area contributed by atoms with Crippen LogP contribution >= 0.6 is 0 Å². The van der Waals surface area contributed by atoms with Crippen LogP contribution in [0.15, 0.2) is 72.8 Å². The molecule has 0 spiro atoms. The van der Waals surface area contributed by atoms with Gasteiger partial charge in [0.05, 0.1) is 17.6 Å². The summed E-state index contributed by atoms with van der Waals surface area (Å²) in [5, 5.41) is 8.29. The highest BCUT2D eigenvalue weighted by molar-refractivity contribution is 6.02. The average Bonchev–Trinajstić information content (AvgIpc) is 3.16. The first-order valence-corrected chi connectivity index (χ1v) is 9.69. The molecule has 0 aliphatic heterocycles. The zero-order chi connectivity index (χ0) is 21.1. The standard InChI is InChI=1S/C24H21N3O3/c1-16-9-3-5-11-18(16)23(28)22(30-24(29)19-12-6-4-10-17(19)2)15-27-21-14-8-7-13-20(21)25-26-27/h3-14,22H,15H2,1-2H3. The monoisotopic (exact) mass is 399 g/mol. The van der Waals surface area contributed by atoms with Gasteiger partial charge in [-0.25, -0.2) is 9.48 Å². The highest BCUT2D eigenvalue weighted by atomic mass is 16.5. The van der Waals surface area contributed by atoms with E-state index in [1.54, 1.807) is 28.9 Å². The van der Waals surface area contributed by atoms with Gasteiger partial charge in [0.15, 0.2) is 6.10 Å². The van der Waals surface area contributed by atoms with E-state index in [9.17, 15) is 9.59 Å². The summed E-state index contributed by atoms with van der Waals surface area (Å²) in [6.07, 6.45) is -1.04. The van der Waals surface area contributed by atoms with Gasteiger partial charge < -0.3 is 4.74 Å². The Labute approximate surface area is 174 Å². The third-order valence-corrected chi connectivity index (χ3v) is 5.08. The van der Waals surface area contributed by atoms with Crippen molar-refractivity contribution in [1.29, 1.82) is 0 Å². The van der Waals surface area contributed by atoms with Gasteiger partial charge in [0.25, 0.3) is 0 Å². The summed E-state index contributed by atoms with van der Waals surface area (Å²) in [5.41, 5.74) is 4.04. The number of carbonyl (C=O) groups excluding carboxylic acids is 2. The molecule has 0 N–H and O–H groups in total. The summed E-state index contributed by atoms with van der Waals surface area (Å²) >= 11 is 0. The van der Waals surface area contributed by atoms with Crippen molar-refractivity contribution in [1.82, 2.24) is 15.0 Å². The predicted molar refractivity (Wildman–Crippen MR) is 113 cm³/mol. The summed E-state index contributed by atoms with van der Waals surface area (Å²) in [7, 11) is 0. The number of fused-ring (bicyclic) bond motifs is 1. The maximum absolute atomic E-state index is 13.3. The molecule has 1 aromatic heterocycles. The van der Waals surface area contributed by atoms with Crippen molar-refractivity contribution in [2.45, 2.75) is 26.5 Å². The van der Waals surface area contributed by atoms with Crippen LogP contribution in [0.5, 0.6) is 0 Å². The number of esters is 1. The molecule has 0 amide bonds. The molecule has 0 aliphatic carbocycles. The van der Waals surface area contributed by atoms with Crippen LogP contribution in [0.4, 0.5) is 0 Å². The van der Waals surface area contributed by atoms with Gasteiger partial charge in [-0.1, -0.05) is 59.8 Å². The number of benzene rings is 3. The quantitative estimate of drug-likeness (QED) is 0.360. The first kappa shape index (κ1) is 19.5. The van der Waals surface area contributed by atoms with Gasteiger partial charge in [-0.3, -0.25) is 4.79 Å². The Morgan fingerprint density at radius 1 is 0.867 bits per heavy atom. The summed E-state index contributed by atoms with van der Waals surface area (Å²) in [6.45, 7) is 3.77. The van der Waals surface area contributed by atoms with E-state index in [2.05, 4.69) is 10.3 Å². The predicted octanol–water partition coefficient (Wildman–Crippen LogP) is 4.16. The van der Waals surface area contributed by atoms with E-state index in [-0.39, 0.29) is 12.3 Å². The minimum atomic E-state index is -1.04. The summed E-state index contributed by atoms with van der Waals surface area (Å²) < 4.78 is 7.33. The fourth-order valence-electron chi connectivity index (χ4n) is 3.40. The number of ether oxygens (including phenoxy) is 1. The molecule has 0 fully saturated rings. The molecule has 1 heterocycles. The second-order valence-electron chi connectivity index (χ2n) is 7.15. The number of carbonyl (C=O) groups is 2. The number of hydrogen-bond donors (Lipinski definition) is 0. The first-order valence-electron chi connectivity index (χ1n) is 9.69. The molecule has 6 heteroatoms. The Bertz CT molecular complexity index is 1230. The molecule has 6 nitrogen and oxygen atoms in total. The lowest BCUT2D eigenvalue weighted by molar-refractivity contribution is 0.0243. The molecule has 30 heavy (non-hydrogen) atoms. The van der Waals surface area contributed by atoms with Gasteiger partial charge in [-0.15, -0.1) is 5.10 Å². The number of aryl methyl sites for hydroxylation is 2. The van der Waals surface area contributed by atoms with Crippen LogP contribution in [0.1, 0.15) is 31.8 Å². The summed E-state index contributed by atoms with van der Waals surface area (Å²) in [5.74, 6) is -0.806. The Morgan fingerprint density at radius 2 is 1.47 bits per heavy atom. The molecule has 1 atom stereocenters. The van der Waals surface area contributed by atoms with Gasteiger partial charge in [0, 0.05) is 5.56 Å². The molecule has 4 aromatic rings. The van der Waals surface area contributed by atoms with Crippen LogP contribution in [0, 0.1) is 13.8 Å². The molecular formula is C24H21N3O3. The van der Waals surface area contributed by atoms with E-state index in [0.717, 1.165) is 16.6 Å². The number of nitrogens with zero attached hydrogens (tertiary/aromatic N) is 3. The van der Waals surface area contributed by atoms with Gasteiger partial charge in [-0.05, 0) is 43.2 Å². The fraction of sp³-hybridized carbons (Fsp3) is 0.167. The highest BCUT2D eigenvalue weighted by Crippen LogP contribution is 2.18. The van der Waals surface area contributed by atoms with E-state index in [1.807, 2.05) is 62.4 Å². The van der Waals surface area contributed by atoms with Crippen molar-refractivity contribution in [3.05, 3.63) is 95.1 Å². The summed E-state index contributed by atoms with van der Waals surface area (Å²) in [4.78, 5) is 26.2. The highest BCUT2D eigenvalue weighted by Gasteiger charge is 2.28. The van der Waals surface area contributed by atoms with E-state index in [4.69, 9.17) is 4.74 Å². The Balaban J connectivity index is 1.69. The number of hydrogen-bond acceptors (Lipinski definition) is 5. The summed E-state index contributed by atoms with van der Waals surface area (Å²) in [6, 6.07) is 21.9. The number of aromatic nitrogens is 3. The number of Topliss-reactive ketones (excluding diaryl/α,β-unsaturated/α-hetero) is 1. The van der Waals surface area contributed by atoms with Crippen LogP contribution in [0.3, 0.4) is 0 Å². The van der Waals surface area contributed by atoms with E-state index in [1.165, 1.54) is 0 Å². The molecule has 3 aromatic carbocycles. The minimum absolute atomic E-state index is 0.0747. The van der Waals surface area contributed by atoms with E-state index in [0.29, 0.717) is 16.6 Å². The van der Waals surface area contributed by atoms with Gasteiger partial charge in [0.1, 0.15) is 5.52 Å². The normalized spacial score (nSPS) is 11.9. The van der Waals surface area contributed by atoms with Crippen LogP contribution in [-0.2, 0) is 11.3 Å². The fourth-order valence-corrected chi connectivity index (χ4v) is 3.40. The van der Waals surface area contributed by atoms with Crippen LogP contribution < -0.4 is 0 Å². The van der Waals surface area contributed by atoms with Crippen molar-refractivity contribution in [3.8, 4) is 0 Å². The zero-order valence-corrected chi connectivity index (χ0v) is 16.8. The molecular weight excluding hydrogens is 378 g/mol. The molecule has 0 aliphatic rings. The van der Waals surface area contributed by atoms with Gasteiger partial charge in [0.2, 0.25) is 5.78 Å². The van der Waals surface area contributed by atoms with Crippen LogP contribution in [0.25, 0.3) is 11.0 Å². The second kappa shape index (κ2) is 8.29. The molecule has 4 rings (SSSR count). The Hall–Kier alpha value is -3.80. The Kier molecular flexibility index (Phi) is 5.39. The second-order valence-corrected chi connectivity index (χ2v) is 7.15. The molecule has 0 radical (unpaired) electrons. The number of ketones is 1. The SMILES string of the molecule is Cc1ccccc1C(=O)OC(Cn1nnc2ccccc21)C(=O)c1ccccc1C. The van der Waals surface area contributed by atoms with Crippen molar-refractivity contribution in [2.24, 2.45) is 0 Å². The maximum atomic E-state index is 13.3. The van der Waals surface area contributed by atoms with Crippen molar-refractivity contribution >= 4 is 22.8 Å². The maximum Gasteiger partial charge on any atom is 0.339 e. The lowest BCUT2D eigenvalue weighted by Crippen LogP contribution is -2.33. The van der Waals surface area contributed by atoms with Crippen molar-refractivity contribution < 1.29 is 14.3 Å². The molecule has 0 saturated heterocycles. The van der Waals surface area contributed by atoms with Crippen molar-refractivity contribution in [3.63, 3.8) is 0 Å². The van der Waals surface area contributed by atoms with Gasteiger partial charge in [-0.2, -0.15) is 0 Å². The number of para-hydroxylation sites is 1. The first-order chi connectivity index (χ1) is 14.5. The topological polar surface area (TPSA) is 74.1 Å². The molecule has 1 unspecified atom stereocenters. The largest absolute Gasteiger partial charge is 0.448 e. The molecule has 150 valence electrons. The van der Waals surface area contributed by atoms with Crippen molar-refractivity contribution in [2.75, 3.05) is 0 Å². The smallest absolute Gasteiger partial charge is 0.339 e. The Morgan fingerprint density at radius 3 is 2.17 bits per heavy atom. The zero-order valence-electron chi connectivity index (χ0n) is 16.8. The van der Waals surface area contributed by atoms with Crippen LogP contribution in [-0.4, -0.2) is 32.9 Å². The third-order valence-electron chi connectivity index (χ3n) is 5.08. The third kappa shape index (κ3) is 3.85. The molecule has 0 saturated carbocycles. The number of rotatable bonds is 6. The van der Waals surface area contributed by atoms with E-state index >= 15 is 0 Å². The lowest BCUT2D eigenvalue weighted by atomic mass is 10.0. The van der Waals surface area contributed by atoms with E-state index < -0.39 is 12.1 Å². The lowest BCUT2D eigenvalue weighted by Gasteiger charge is -2.19. The molecule has 0 bridgehead atoms. The van der Waals surface area contributed by atoms with Gasteiger partial charge >= 0.3 is 5.97 Å². The minimum Gasteiger partial charge on any atom is -0.448 e. The average molecular weight is 399 g/mol. The van der Waals surface area contributed by atoms with Crippen LogP contribution in [0.2, 0.25) is 0 Å².